The fraction of sp³-hybridized carbons (Fsp3) is 0.250. The first-order valence-corrected chi connectivity index (χ1v) is 11.5. The van der Waals surface area contributed by atoms with Crippen LogP contribution in [0.4, 0.5) is 5.13 Å². The molecule has 0 aliphatic carbocycles. The van der Waals surface area contributed by atoms with Crippen molar-refractivity contribution in [2.45, 2.75) is 30.4 Å². The lowest BCUT2D eigenvalue weighted by atomic mass is 10.0. The largest absolute Gasteiger partial charge is 0.422 e. The lowest BCUT2D eigenvalue weighted by molar-refractivity contribution is 0.557. The SMILES string of the molecule is Cc1ccc2c(CSc3nnc(NCCc4cccs4)s3)cc(=O)oc2c1C. The zero-order valence-electron chi connectivity index (χ0n) is 15.5. The predicted molar refractivity (Wildman–Crippen MR) is 118 cm³/mol. The lowest BCUT2D eigenvalue weighted by Gasteiger charge is -2.08. The van der Waals surface area contributed by atoms with Gasteiger partial charge in [-0.15, -0.1) is 21.5 Å². The summed E-state index contributed by atoms with van der Waals surface area (Å²) in [6.45, 7) is 4.84. The van der Waals surface area contributed by atoms with Crippen molar-refractivity contribution < 1.29 is 4.42 Å². The molecule has 0 saturated heterocycles. The zero-order chi connectivity index (χ0) is 19.5. The topological polar surface area (TPSA) is 68.0 Å². The molecule has 0 radical (unpaired) electrons. The van der Waals surface area contributed by atoms with Gasteiger partial charge in [-0.2, -0.15) is 0 Å². The third kappa shape index (κ3) is 4.29. The molecular formula is C20H19N3O2S3. The Bertz CT molecular complexity index is 1150. The maximum absolute atomic E-state index is 12.0. The van der Waals surface area contributed by atoms with E-state index in [4.69, 9.17) is 4.42 Å². The van der Waals surface area contributed by atoms with Gasteiger partial charge in [-0.05, 0) is 48.4 Å². The Labute approximate surface area is 174 Å². The summed E-state index contributed by atoms with van der Waals surface area (Å²) < 4.78 is 6.32. The number of nitrogens with zero attached hydrogens (tertiary/aromatic N) is 2. The summed E-state index contributed by atoms with van der Waals surface area (Å²) in [5.74, 6) is 0.647. The minimum Gasteiger partial charge on any atom is -0.422 e. The lowest BCUT2D eigenvalue weighted by Crippen LogP contribution is -2.03. The average Bonchev–Trinajstić information content (AvgIpc) is 3.35. The van der Waals surface area contributed by atoms with E-state index in [1.165, 1.54) is 16.2 Å². The predicted octanol–water partition coefficient (Wildman–Crippen LogP) is 5.27. The van der Waals surface area contributed by atoms with Crippen LogP contribution in [0.1, 0.15) is 21.6 Å². The molecule has 0 atom stereocenters. The molecule has 0 amide bonds. The van der Waals surface area contributed by atoms with Gasteiger partial charge in [0.15, 0.2) is 4.34 Å². The highest BCUT2D eigenvalue weighted by atomic mass is 32.2. The minimum atomic E-state index is -0.315. The summed E-state index contributed by atoms with van der Waals surface area (Å²) in [6, 6.07) is 9.86. The Morgan fingerprint density at radius 3 is 2.93 bits per heavy atom. The van der Waals surface area contributed by atoms with E-state index in [-0.39, 0.29) is 5.63 Å². The van der Waals surface area contributed by atoms with Gasteiger partial charge < -0.3 is 9.73 Å². The molecule has 5 nitrogen and oxygen atoms in total. The maximum Gasteiger partial charge on any atom is 0.336 e. The van der Waals surface area contributed by atoms with Gasteiger partial charge in [0.1, 0.15) is 5.58 Å². The molecule has 1 N–H and O–H groups in total. The van der Waals surface area contributed by atoms with Crippen molar-refractivity contribution in [3.63, 3.8) is 0 Å². The normalized spacial score (nSPS) is 11.2. The summed E-state index contributed by atoms with van der Waals surface area (Å²) in [5.41, 5.74) is 3.44. The van der Waals surface area contributed by atoms with E-state index in [2.05, 4.69) is 39.1 Å². The second-order valence-corrected chi connectivity index (χ2v) is 9.62. The maximum atomic E-state index is 12.0. The first kappa shape index (κ1) is 19.2. The van der Waals surface area contributed by atoms with Gasteiger partial charge in [0.25, 0.3) is 0 Å². The second-order valence-electron chi connectivity index (χ2n) is 6.39. The Morgan fingerprint density at radius 2 is 2.11 bits per heavy atom. The summed E-state index contributed by atoms with van der Waals surface area (Å²) in [6.07, 6.45) is 0.976. The molecule has 28 heavy (non-hydrogen) atoms. The van der Waals surface area contributed by atoms with Gasteiger partial charge in [0.2, 0.25) is 5.13 Å². The van der Waals surface area contributed by atoms with Crippen LogP contribution in [0.3, 0.4) is 0 Å². The van der Waals surface area contributed by atoms with Crippen LogP contribution < -0.4 is 10.9 Å². The third-order valence-corrected chi connectivity index (χ3v) is 7.50. The van der Waals surface area contributed by atoms with Crippen molar-refractivity contribution in [2.24, 2.45) is 0 Å². The zero-order valence-corrected chi connectivity index (χ0v) is 18.0. The number of nitrogens with one attached hydrogen (secondary N) is 1. The van der Waals surface area contributed by atoms with Gasteiger partial charge >= 0.3 is 5.63 Å². The second kappa shape index (κ2) is 8.46. The number of thioether (sulfide) groups is 1. The molecule has 0 aliphatic rings. The molecule has 3 aromatic heterocycles. The van der Waals surface area contributed by atoms with Crippen molar-refractivity contribution >= 4 is 50.5 Å². The molecule has 3 heterocycles. The van der Waals surface area contributed by atoms with Crippen LogP contribution in [0.15, 0.2) is 49.3 Å². The number of benzene rings is 1. The molecule has 4 rings (SSSR count). The van der Waals surface area contributed by atoms with Crippen molar-refractivity contribution in [1.82, 2.24) is 10.2 Å². The molecule has 1 aromatic carbocycles. The van der Waals surface area contributed by atoms with Gasteiger partial charge in [0, 0.05) is 28.6 Å². The molecule has 8 heteroatoms. The van der Waals surface area contributed by atoms with E-state index in [1.54, 1.807) is 29.2 Å². The first-order chi connectivity index (χ1) is 13.6. The van der Waals surface area contributed by atoms with Crippen molar-refractivity contribution in [2.75, 3.05) is 11.9 Å². The molecule has 4 aromatic rings. The summed E-state index contributed by atoms with van der Waals surface area (Å²) >= 11 is 4.88. The van der Waals surface area contributed by atoms with E-state index in [1.807, 2.05) is 19.9 Å². The van der Waals surface area contributed by atoms with Crippen LogP contribution in [0.25, 0.3) is 11.0 Å². The van der Waals surface area contributed by atoms with E-state index in [0.29, 0.717) is 11.3 Å². The average molecular weight is 430 g/mol. The molecule has 0 fully saturated rings. The molecule has 0 spiro atoms. The molecular weight excluding hydrogens is 410 g/mol. The third-order valence-electron chi connectivity index (χ3n) is 4.50. The van der Waals surface area contributed by atoms with Crippen molar-refractivity contribution in [3.05, 3.63) is 67.7 Å². The Kier molecular flexibility index (Phi) is 5.79. The Balaban J connectivity index is 1.43. The molecule has 0 bridgehead atoms. The molecule has 0 saturated carbocycles. The smallest absolute Gasteiger partial charge is 0.336 e. The number of hydrogen-bond acceptors (Lipinski definition) is 8. The highest BCUT2D eigenvalue weighted by molar-refractivity contribution is 8.00. The molecule has 0 unspecified atom stereocenters. The van der Waals surface area contributed by atoms with Gasteiger partial charge in [-0.3, -0.25) is 0 Å². The number of anilines is 1. The summed E-state index contributed by atoms with van der Waals surface area (Å²) in [7, 11) is 0. The quantitative estimate of drug-likeness (QED) is 0.319. The summed E-state index contributed by atoms with van der Waals surface area (Å²) in [4.78, 5) is 13.3. The monoisotopic (exact) mass is 429 g/mol. The van der Waals surface area contributed by atoms with Crippen LogP contribution in [-0.2, 0) is 12.2 Å². The number of thiophene rings is 1. The van der Waals surface area contributed by atoms with Crippen molar-refractivity contribution in [3.8, 4) is 0 Å². The first-order valence-electron chi connectivity index (χ1n) is 8.85. The standard InChI is InChI=1S/C20H19N3O2S3/c1-12-5-6-16-14(10-17(24)25-18(16)13(12)2)11-27-20-23-22-19(28-20)21-8-7-15-4-3-9-26-15/h3-6,9-10H,7-8,11H2,1-2H3,(H,21,22). The van der Waals surface area contributed by atoms with E-state index in [9.17, 15) is 4.79 Å². The van der Waals surface area contributed by atoms with Crippen LogP contribution in [0, 0.1) is 13.8 Å². The fourth-order valence-corrected chi connectivity index (χ4v) is 5.35. The van der Waals surface area contributed by atoms with Crippen molar-refractivity contribution in [1.29, 1.82) is 0 Å². The van der Waals surface area contributed by atoms with E-state index < -0.39 is 0 Å². The Hall–Kier alpha value is -2.16. The summed E-state index contributed by atoms with van der Waals surface area (Å²) in [5, 5.41) is 15.7. The van der Waals surface area contributed by atoms with E-state index in [0.717, 1.165) is 44.5 Å². The highest BCUT2D eigenvalue weighted by Gasteiger charge is 2.11. The van der Waals surface area contributed by atoms with Gasteiger partial charge in [0.05, 0.1) is 0 Å². The molecule has 0 aliphatic heterocycles. The van der Waals surface area contributed by atoms with Crippen LogP contribution in [-0.4, -0.2) is 16.7 Å². The number of rotatable bonds is 7. The van der Waals surface area contributed by atoms with E-state index >= 15 is 0 Å². The van der Waals surface area contributed by atoms with Crippen LogP contribution in [0.5, 0.6) is 0 Å². The number of hydrogen-bond donors (Lipinski definition) is 1. The number of fused-ring (bicyclic) bond motifs is 1. The molecule has 144 valence electrons. The number of aromatic nitrogens is 2. The minimum absolute atomic E-state index is 0.315. The van der Waals surface area contributed by atoms with Gasteiger partial charge in [-0.25, -0.2) is 4.79 Å². The van der Waals surface area contributed by atoms with Crippen LogP contribution in [0.2, 0.25) is 0 Å². The highest BCUT2D eigenvalue weighted by Crippen LogP contribution is 2.31. The number of aryl methyl sites for hydroxylation is 2. The fourth-order valence-electron chi connectivity index (χ4n) is 2.87. The van der Waals surface area contributed by atoms with Crippen LogP contribution >= 0.6 is 34.4 Å². The Morgan fingerprint density at radius 1 is 1.21 bits per heavy atom. The van der Waals surface area contributed by atoms with Gasteiger partial charge in [-0.1, -0.05) is 41.3 Å².